The number of nitrogens with two attached hydrogens (primary N) is 1. The van der Waals surface area contributed by atoms with Gasteiger partial charge in [-0.05, 0) is 42.3 Å². The van der Waals surface area contributed by atoms with Crippen LogP contribution in [-0.4, -0.2) is 70.4 Å². The Morgan fingerprint density at radius 3 is 2.61 bits per heavy atom. The van der Waals surface area contributed by atoms with E-state index in [9.17, 15) is 4.79 Å². The molecule has 7 nitrogen and oxygen atoms in total. The highest BCUT2D eigenvalue weighted by Gasteiger charge is 2.16. The van der Waals surface area contributed by atoms with E-state index in [0.717, 1.165) is 49.5 Å². The number of fused-ring (bicyclic) bond motifs is 1. The maximum Gasteiger partial charge on any atom is 0.246 e. The quantitative estimate of drug-likeness (QED) is 0.563. The van der Waals surface area contributed by atoms with E-state index < -0.39 is 0 Å². The van der Waals surface area contributed by atoms with Gasteiger partial charge in [0.1, 0.15) is 5.82 Å². The van der Waals surface area contributed by atoms with Crippen LogP contribution in [0.1, 0.15) is 16.8 Å². The average molecular weight is 469 g/mol. The molecule has 4 rings (SSSR count). The third kappa shape index (κ3) is 5.93. The maximum absolute atomic E-state index is 12.7. The van der Waals surface area contributed by atoms with E-state index in [0.29, 0.717) is 12.4 Å². The highest BCUT2D eigenvalue weighted by Crippen LogP contribution is 2.20. The van der Waals surface area contributed by atoms with Crippen molar-refractivity contribution in [2.75, 3.05) is 46.0 Å². The number of carbonyl (C=O) groups excluding carboxylic acids is 1. The van der Waals surface area contributed by atoms with Crippen molar-refractivity contribution in [3.05, 3.63) is 65.5 Å². The van der Waals surface area contributed by atoms with Gasteiger partial charge in [0.25, 0.3) is 0 Å². The fourth-order valence-corrected chi connectivity index (χ4v) is 4.12. The summed E-state index contributed by atoms with van der Waals surface area (Å²) in [6.45, 7) is 5.49. The van der Waals surface area contributed by atoms with Crippen LogP contribution in [0.4, 0.5) is 5.82 Å². The summed E-state index contributed by atoms with van der Waals surface area (Å²) in [5.74, 6) is 0.507. The van der Waals surface area contributed by atoms with E-state index >= 15 is 0 Å². The number of anilines is 1. The Labute approximate surface area is 201 Å². The normalized spacial score (nSPS) is 15.1. The number of aromatic nitrogens is 2. The van der Waals surface area contributed by atoms with Crippen LogP contribution in [0, 0.1) is 0 Å². The zero-order chi connectivity index (χ0) is 22.7. The van der Waals surface area contributed by atoms with Crippen LogP contribution in [0.15, 0.2) is 48.7 Å². The summed E-state index contributed by atoms with van der Waals surface area (Å²) in [5.41, 5.74) is 10.3. The molecule has 1 fully saturated rings. The van der Waals surface area contributed by atoms with Gasteiger partial charge in [-0.3, -0.25) is 9.69 Å². The van der Waals surface area contributed by atoms with Crippen molar-refractivity contribution in [2.24, 2.45) is 7.05 Å². The van der Waals surface area contributed by atoms with E-state index in [4.69, 9.17) is 5.73 Å². The Balaban J connectivity index is 0.00000306. The third-order valence-electron chi connectivity index (χ3n) is 6.26. The molecule has 33 heavy (non-hydrogen) atoms. The number of hydrogen-bond donors (Lipinski definition) is 1. The molecule has 0 unspecified atom stereocenters. The zero-order valence-corrected chi connectivity index (χ0v) is 20.4. The van der Waals surface area contributed by atoms with Gasteiger partial charge in [-0.15, -0.1) is 12.4 Å². The molecular formula is C25H33ClN6O. The molecule has 1 amide bonds. The van der Waals surface area contributed by atoms with Crippen molar-refractivity contribution in [3.8, 4) is 0 Å². The van der Waals surface area contributed by atoms with Crippen molar-refractivity contribution < 1.29 is 4.79 Å². The van der Waals surface area contributed by atoms with Crippen LogP contribution in [-0.2, 0) is 24.9 Å². The molecule has 0 atom stereocenters. The monoisotopic (exact) mass is 468 g/mol. The minimum atomic E-state index is -0.0484. The Kier molecular flexibility index (Phi) is 8.13. The molecule has 176 valence electrons. The predicted octanol–water partition coefficient (Wildman–Crippen LogP) is 3.00. The number of para-hydroxylation sites is 1. The van der Waals surface area contributed by atoms with Gasteiger partial charge in [0.15, 0.2) is 0 Å². The first-order chi connectivity index (χ1) is 15.4. The molecule has 0 spiro atoms. The Morgan fingerprint density at radius 2 is 1.88 bits per heavy atom. The molecule has 2 N–H and O–H groups in total. The van der Waals surface area contributed by atoms with Gasteiger partial charge in [-0.2, -0.15) is 0 Å². The Bertz CT molecular complexity index is 1130. The van der Waals surface area contributed by atoms with Gasteiger partial charge >= 0.3 is 0 Å². The number of pyridine rings is 1. The molecular weight excluding hydrogens is 436 g/mol. The highest BCUT2D eigenvalue weighted by molar-refractivity contribution is 5.91. The topological polar surface area (TPSA) is 70.6 Å². The number of aryl methyl sites for hydroxylation is 1. The van der Waals surface area contributed by atoms with Crippen molar-refractivity contribution in [2.45, 2.75) is 13.1 Å². The minimum absolute atomic E-state index is 0. The molecule has 1 aromatic carbocycles. The molecule has 8 heteroatoms. The number of amides is 1. The fourth-order valence-electron chi connectivity index (χ4n) is 4.12. The molecule has 1 aliphatic heterocycles. The standard InChI is InChI=1S/C25H32N6O.ClH/c1-28-10-12-31(13-11-28)17-21-14-19(16-27-25(21)26)8-9-24(32)29(2)18-22-15-20-6-4-5-7-23(20)30(22)3;/h4-9,14-16H,10-13,17-18H2,1-3H3,(H2,26,27);1H. The fraction of sp³-hybridized carbons (Fsp3) is 0.360. The number of benzene rings is 1. The van der Waals surface area contributed by atoms with Gasteiger partial charge in [0.2, 0.25) is 5.91 Å². The van der Waals surface area contributed by atoms with Crippen LogP contribution in [0.3, 0.4) is 0 Å². The molecule has 0 bridgehead atoms. The number of likely N-dealkylation sites (N-methyl/N-ethyl adjacent to an activating group) is 2. The second kappa shape index (κ2) is 10.8. The molecule has 2 aromatic heterocycles. The summed E-state index contributed by atoms with van der Waals surface area (Å²) in [4.78, 5) is 23.5. The number of halogens is 1. The van der Waals surface area contributed by atoms with Gasteiger partial charge in [0.05, 0.1) is 6.54 Å². The molecule has 0 radical (unpaired) electrons. The first-order valence-corrected chi connectivity index (χ1v) is 11.0. The average Bonchev–Trinajstić information content (AvgIpc) is 3.11. The summed E-state index contributed by atoms with van der Waals surface area (Å²) in [5, 5.41) is 1.18. The van der Waals surface area contributed by atoms with Crippen molar-refractivity contribution >= 4 is 41.1 Å². The van der Waals surface area contributed by atoms with Gasteiger partial charge in [-0.1, -0.05) is 18.2 Å². The number of carbonyl (C=O) groups is 1. The predicted molar refractivity (Wildman–Crippen MR) is 137 cm³/mol. The van der Waals surface area contributed by atoms with Crippen molar-refractivity contribution in [1.82, 2.24) is 24.3 Å². The van der Waals surface area contributed by atoms with Crippen LogP contribution in [0.5, 0.6) is 0 Å². The van der Waals surface area contributed by atoms with E-state index in [2.05, 4.69) is 44.6 Å². The molecule has 0 aliphatic carbocycles. The SMILES string of the molecule is CN1CCN(Cc2cc(C=CC(=O)N(C)Cc3cc4ccccc4n3C)cnc2N)CC1.Cl. The van der Waals surface area contributed by atoms with E-state index in [1.54, 1.807) is 17.2 Å². The lowest BCUT2D eigenvalue weighted by atomic mass is 10.1. The summed E-state index contributed by atoms with van der Waals surface area (Å²) >= 11 is 0. The molecule has 3 aromatic rings. The zero-order valence-electron chi connectivity index (χ0n) is 19.6. The first kappa shape index (κ1) is 24.8. The second-order valence-corrected chi connectivity index (χ2v) is 8.67. The summed E-state index contributed by atoms with van der Waals surface area (Å²) < 4.78 is 2.14. The minimum Gasteiger partial charge on any atom is -0.383 e. The van der Waals surface area contributed by atoms with Gasteiger partial charge in [0, 0.05) is 75.9 Å². The van der Waals surface area contributed by atoms with Crippen molar-refractivity contribution in [1.29, 1.82) is 0 Å². The van der Waals surface area contributed by atoms with Crippen LogP contribution < -0.4 is 5.73 Å². The molecule has 1 saturated heterocycles. The lowest BCUT2D eigenvalue weighted by molar-refractivity contribution is -0.125. The summed E-state index contributed by atoms with van der Waals surface area (Å²) in [6, 6.07) is 12.4. The first-order valence-electron chi connectivity index (χ1n) is 11.0. The van der Waals surface area contributed by atoms with Crippen LogP contribution in [0.25, 0.3) is 17.0 Å². The lowest BCUT2D eigenvalue weighted by Gasteiger charge is -2.32. The number of rotatable bonds is 6. The second-order valence-electron chi connectivity index (χ2n) is 8.67. The Morgan fingerprint density at radius 1 is 1.15 bits per heavy atom. The lowest BCUT2D eigenvalue weighted by Crippen LogP contribution is -2.44. The van der Waals surface area contributed by atoms with E-state index in [1.807, 2.05) is 38.4 Å². The summed E-state index contributed by atoms with van der Waals surface area (Å²) in [6.07, 6.45) is 5.15. The van der Waals surface area contributed by atoms with E-state index in [-0.39, 0.29) is 18.3 Å². The molecule has 1 aliphatic rings. The molecule has 3 heterocycles. The number of piperazine rings is 1. The smallest absolute Gasteiger partial charge is 0.246 e. The van der Waals surface area contributed by atoms with Crippen LogP contribution >= 0.6 is 12.4 Å². The maximum atomic E-state index is 12.7. The third-order valence-corrected chi connectivity index (χ3v) is 6.26. The van der Waals surface area contributed by atoms with Crippen LogP contribution in [0.2, 0.25) is 0 Å². The number of hydrogen-bond acceptors (Lipinski definition) is 5. The van der Waals surface area contributed by atoms with Crippen molar-refractivity contribution in [3.63, 3.8) is 0 Å². The van der Waals surface area contributed by atoms with Gasteiger partial charge in [-0.25, -0.2) is 4.98 Å². The Hall–Kier alpha value is -2.87. The summed E-state index contributed by atoms with van der Waals surface area (Å²) in [7, 11) is 6.00. The largest absolute Gasteiger partial charge is 0.383 e. The van der Waals surface area contributed by atoms with Gasteiger partial charge < -0.3 is 20.1 Å². The number of nitrogen functional groups attached to an aromatic ring is 1. The molecule has 0 saturated carbocycles. The van der Waals surface area contributed by atoms with E-state index in [1.165, 1.54) is 10.9 Å². The number of nitrogens with zero attached hydrogens (tertiary/aromatic N) is 5. The highest BCUT2D eigenvalue weighted by atomic mass is 35.5.